The second kappa shape index (κ2) is 22.9. The van der Waals surface area contributed by atoms with E-state index in [0.717, 1.165) is 0 Å². The van der Waals surface area contributed by atoms with Crippen LogP contribution in [-0.4, -0.2) is 0 Å². The molecule has 0 N–H and O–H groups in total. The summed E-state index contributed by atoms with van der Waals surface area (Å²) in [4.78, 5) is 0. The first-order chi connectivity index (χ1) is 12.0. The number of hydrogen-bond donors (Lipinski definition) is 0. The topological polar surface area (TPSA) is 0 Å². The second-order valence-corrected chi connectivity index (χ2v) is 4.31. The van der Waals surface area contributed by atoms with Gasteiger partial charge in [0, 0.05) is 0 Å². The molecule has 0 aromatic heterocycles. The van der Waals surface area contributed by atoms with Gasteiger partial charge >= 0.3 is 34.1 Å². The van der Waals surface area contributed by atoms with Crippen LogP contribution in [0.1, 0.15) is 0 Å². The molecule has 0 nitrogen and oxygen atoms in total. The van der Waals surface area contributed by atoms with E-state index in [-0.39, 0.29) is 34.1 Å². The van der Waals surface area contributed by atoms with Gasteiger partial charge < -0.3 is 0 Å². The van der Waals surface area contributed by atoms with Crippen LogP contribution in [0.4, 0.5) is 0 Å². The predicted octanol–water partition coefficient (Wildman–Crippen LogP) is 5.94. The van der Waals surface area contributed by atoms with E-state index >= 15 is 0 Å². The molecular formula is C24H20Mn2. The Kier molecular flexibility index (Phi) is 23.1. The summed E-state index contributed by atoms with van der Waals surface area (Å²) in [5.74, 6) is 0. The molecule has 4 aromatic carbocycles. The van der Waals surface area contributed by atoms with E-state index < -0.39 is 0 Å². The zero-order valence-electron chi connectivity index (χ0n) is 14.3. The summed E-state index contributed by atoms with van der Waals surface area (Å²) in [6.07, 6.45) is 0. The van der Waals surface area contributed by atoms with Crippen molar-refractivity contribution in [2.75, 3.05) is 0 Å². The van der Waals surface area contributed by atoms with Gasteiger partial charge in [0.1, 0.15) is 0 Å². The van der Waals surface area contributed by atoms with E-state index in [9.17, 15) is 0 Å². The smallest absolute Gasteiger partial charge is 0.184 e. The van der Waals surface area contributed by atoms with Crippen LogP contribution in [0.5, 0.6) is 0 Å². The zero-order valence-corrected chi connectivity index (χ0v) is 16.7. The second-order valence-electron chi connectivity index (χ2n) is 4.31. The minimum atomic E-state index is 0. The van der Waals surface area contributed by atoms with Crippen LogP contribution in [0.25, 0.3) is 0 Å². The van der Waals surface area contributed by atoms with Gasteiger partial charge in [0.05, 0.1) is 0 Å². The molecule has 0 atom stereocenters. The largest absolute Gasteiger partial charge is 2.00 e. The Morgan fingerprint density at radius 1 is 0.231 bits per heavy atom. The molecule has 26 heavy (non-hydrogen) atoms. The Morgan fingerprint density at radius 3 is 0.423 bits per heavy atom. The molecule has 0 bridgehead atoms. The Balaban J connectivity index is 0. The zero-order chi connectivity index (χ0) is 17.0. The van der Waals surface area contributed by atoms with Crippen molar-refractivity contribution in [3.05, 3.63) is 146 Å². The summed E-state index contributed by atoms with van der Waals surface area (Å²) >= 11 is 0. The van der Waals surface area contributed by atoms with E-state index in [4.69, 9.17) is 0 Å². The third-order valence-electron chi connectivity index (χ3n) is 2.43. The van der Waals surface area contributed by atoms with Gasteiger partial charge in [0.15, 0.2) is 0 Å². The molecular weight excluding hydrogens is 398 g/mol. The quantitative estimate of drug-likeness (QED) is 0.245. The van der Waals surface area contributed by atoms with E-state index in [1.807, 2.05) is 121 Å². The van der Waals surface area contributed by atoms with Crippen LogP contribution in [0.3, 0.4) is 0 Å². The molecule has 0 saturated carbocycles. The average Bonchev–Trinajstić information content (AvgIpc) is 2.75. The summed E-state index contributed by atoms with van der Waals surface area (Å²) in [6, 6.07) is 50.0. The maximum atomic E-state index is 2.89. The predicted molar refractivity (Wildman–Crippen MR) is 101 cm³/mol. The maximum Gasteiger partial charge on any atom is 2.00 e. The Labute approximate surface area is 179 Å². The van der Waals surface area contributed by atoms with E-state index in [0.29, 0.717) is 0 Å². The molecule has 0 aliphatic heterocycles. The standard InChI is InChI=1S/4C6H5.2Mn/c4*1-2-4-6-5-3-1;;/h4*1-5H;;/q4*-1;2*+2. The van der Waals surface area contributed by atoms with Crippen molar-refractivity contribution < 1.29 is 34.1 Å². The van der Waals surface area contributed by atoms with E-state index in [1.54, 1.807) is 0 Å². The molecule has 0 aliphatic rings. The minimum absolute atomic E-state index is 0. The molecule has 4 aromatic rings. The van der Waals surface area contributed by atoms with Gasteiger partial charge in [-0.05, 0) is 0 Å². The normalized spacial score (nSPS) is 7.38. The fraction of sp³-hybridized carbons (Fsp3) is 0. The Hall–Kier alpha value is -2.08. The van der Waals surface area contributed by atoms with Crippen molar-refractivity contribution in [1.29, 1.82) is 0 Å². The van der Waals surface area contributed by atoms with Gasteiger partial charge in [-0.1, -0.05) is 0 Å². The van der Waals surface area contributed by atoms with E-state index in [1.165, 1.54) is 0 Å². The number of rotatable bonds is 0. The Bertz CT molecular complexity index is 424. The van der Waals surface area contributed by atoms with Crippen LogP contribution in [0.15, 0.2) is 121 Å². The molecule has 0 unspecified atom stereocenters. The van der Waals surface area contributed by atoms with Gasteiger partial charge in [-0.25, -0.2) is 0 Å². The fourth-order valence-electron chi connectivity index (χ4n) is 1.37. The third-order valence-corrected chi connectivity index (χ3v) is 2.43. The molecule has 130 valence electrons. The molecule has 2 heteroatoms. The van der Waals surface area contributed by atoms with Gasteiger partial charge in [-0.3, -0.25) is 0 Å². The molecule has 0 amide bonds. The van der Waals surface area contributed by atoms with Gasteiger partial charge in [0.2, 0.25) is 0 Å². The molecule has 2 radical (unpaired) electrons. The van der Waals surface area contributed by atoms with Gasteiger partial charge in [-0.2, -0.15) is 146 Å². The SMILES string of the molecule is [Mn+2].[Mn+2].[c-]1ccccc1.[c-]1ccccc1.[c-]1ccccc1.[c-]1ccccc1. The first-order valence-electron chi connectivity index (χ1n) is 7.64. The summed E-state index contributed by atoms with van der Waals surface area (Å²) < 4.78 is 0. The monoisotopic (exact) mass is 418 g/mol. The van der Waals surface area contributed by atoms with Crippen molar-refractivity contribution in [1.82, 2.24) is 0 Å². The molecule has 0 saturated heterocycles. The third kappa shape index (κ3) is 20.0. The van der Waals surface area contributed by atoms with Gasteiger partial charge in [-0.15, -0.1) is 0 Å². The first-order valence-corrected chi connectivity index (χ1v) is 7.64. The fourth-order valence-corrected chi connectivity index (χ4v) is 1.37. The van der Waals surface area contributed by atoms with Crippen molar-refractivity contribution in [3.63, 3.8) is 0 Å². The van der Waals surface area contributed by atoms with Crippen LogP contribution < -0.4 is 0 Å². The molecule has 0 fully saturated rings. The number of benzene rings is 4. The van der Waals surface area contributed by atoms with Crippen molar-refractivity contribution in [2.24, 2.45) is 0 Å². The molecule has 0 heterocycles. The van der Waals surface area contributed by atoms with Crippen molar-refractivity contribution in [2.45, 2.75) is 0 Å². The van der Waals surface area contributed by atoms with Crippen LogP contribution in [0, 0.1) is 24.3 Å². The molecule has 4 rings (SSSR count). The average molecular weight is 418 g/mol. The summed E-state index contributed by atoms with van der Waals surface area (Å²) in [7, 11) is 0. The maximum absolute atomic E-state index is 2.89. The molecule has 0 aliphatic carbocycles. The minimum Gasteiger partial charge on any atom is -0.184 e. The summed E-state index contributed by atoms with van der Waals surface area (Å²) in [6.45, 7) is 0. The van der Waals surface area contributed by atoms with Crippen LogP contribution in [-0.2, 0) is 34.1 Å². The van der Waals surface area contributed by atoms with Crippen LogP contribution >= 0.6 is 0 Å². The summed E-state index contributed by atoms with van der Waals surface area (Å²) in [5, 5.41) is 0. The van der Waals surface area contributed by atoms with Crippen molar-refractivity contribution in [3.8, 4) is 0 Å². The van der Waals surface area contributed by atoms with Gasteiger partial charge in [0.25, 0.3) is 0 Å². The summed E-state index contributed by atoms with van der Waals surface area (Å²) in [5.41, 5.74) is 0. The number of hydrogen-bond acceptors (Lipinski definition) is 0. The molecule has 0 spiro atoms. The van der Waals surface area contributed by atoms with Crippen molar-refractivity contribution >= 4 is 0 Å². The first kappa shape index (κ1) is 26.2. The van der Waals surface area contributed by atoms with Crippen LogP contribution in [0.2, 0.25) is 0 Å². The Morgan fingerprint density at radius 2 is 0.385 bits per heavy atom. The van der Waals surface area contributed by atoms with E-state index in [2.05, 4.69) is 24.3 Å².